The zero-order chi connectivity index (χ0) is 15.9. The van der Waals surface area contributed by atoms with Crippen LogP contribution in [0.15, 0.2) is 18.2 Å². The SMILES string of the molecule is CCCNc1ccc(C)cc1C(=O)NCCS(=O)(=O)NC. The molecule has 1 aromatic carbocycles. The van der Waals surface area contributed by atoms with Gasteiger partial charge in [0, 0.05) is 18.8 Å². The van der Waals surface area contributed by atoms with E-state index in [1.54, 1.807) is 6.07 Å². The highest BCUT2D eigenvalue weighted by Crippen LogP contribution is 2.17. The maximum absolute atomic E-state index is 12.2. The maximum atomic E-state index is 12.2. The predicted octanol–water partition coefficient (Wildman–Crippen LogP) is 1.10. The van der Waals surface area contributed by atoms with Crippen LogP contribution in [0.3, 0.4) is 0 Å². The molecule has 1 amide bonds. The van der Waals surface area contributed by atoms with Crippen LogP contribution in [-0.2, 0) is 10.0 Å². The number of rotatable bonds is 8. The summed E-state index contributed by atoms with van der Waals surface area (Å²) < 4.78 is 24.8. The zero-order valence-electron chi connectivity index (χ0n) is 12.7. The van der Waals surface area contributed by atoms with Gasteiger partial charge in [-0.25, -0.2) is 13.1 Å². The van der Waals surface area contributed by atoms with Crippen molar-refractivity contribution in [2.45, 2.75) is 20.3 Å². The second kappa shape index (κ2) is 7.99. The molecule has 7 heteroatoms. The Kier molecular flexibility index (Phi) is 6.64. The summed E-state index contributed by atoms with van der Waals surface area (Å²) in [6.07, 6.45) is 0.954. The summed E-state index contributed by atoms with van der Waals surface area (Å²) in [5.74, 6) is -0.415. The number of hydrogen-bond acceptors (Lipinski definition) is 4. The van der Waals surface area contributed by atoms with Crippen molar-refractivity contribution in [1.82, 2.24) is 10.0 Å². The van der Waals surface area contributed by atoms with Crippen LogP contribution >= 0.6 is 0 Å². The van der Waals surface area contributed by atoms with E-state index in [0.717, 1.165) is 24.2 Å². The van der Waals surface area contributed by atoms with Crippen LogP contribution in [0.4, 0.5) is 5.69 Å². The summed E-state index contributed by atoms with van der Waals surface area (Å²) in [4.78, 5) is 12.2. The predicted molar refractivity (Wildman–Crippen MR) is 85.1 cm³/mol. The van der Waals surface area contributed by atoms with Gasteiger partial charge in [-0.3, -0.25) is 4.79 Å². The summed E-state index contributed by atoms with van der Waals surface area (Å²) in [5, 5.41) is 5.83. The van der Waals surface area contributed by atoms with Crippen molar-refractivity contribution in [2.24, 2.45) is 0 Å². The fraction of sp³-hybridized carbons (Fsp3) is 0.500. The van der Waals surface area contributed by atoms with E-state index < -0.39 is 10.0 Å². The molecule has 0 bridgehead atoms. The van der Waals surface area contributed by atoms with Crippen LogP contribution in [-0.4, -0.2) is 40.2 Å². The molecule has 6 nitrogen and oxygen atoms in total. The fourth-order valence-electron chi connectivity index (χ4n) is 1.76. The lowest BCUT2D eigenvalue weighted by atomic mass is 10.1. The van der Waals surface area contributed by atoms with Crippen LogP contribution in [0.5, 0.6) is 0 Å². The van der Waals surface area contributed by atoms with Crippen LogP contribution in [0, 0.1) is 6.92 Å². The molecule has 1 rings (SSSR count). The van der Waals surface area contributed by atoms with Crippen molar-refractivity contribution < 1.29 is 13.2 Å². The van der Waals surface area contributed by atoms with Gasteiger partial charge in [0.25, 0.3) is 5.91 Å². The molecule has 0 heterocycles. The number of carbonyl (C=O) groups is 1. The number of sulfonamides is 1. The highest BCUT2D eigenvalue weighted by molar-refractivity contribution is 7.89. The maximum Gasteiger partial charge on any atom is 0.253 e. The first kappa shape index (κ1) is 17.5. The van der Waals surface area contributed by atoms with Crippen molar-refractivity contribution in [3.8, 4) is 0 Å². The molecule has 0 aromatic heterocycles. The molecule has 0 saturated heterocycles. The van der Waals surface area contributed by atoms with Crippen LogP contribution in [0.1, 0.15) is 29.3 Å². The Labute approximate surface area is 126 Å². The molecule has 0 atom stereocenters. The van der Waals surface area contributed by atoms with Crippen molar-refractivity contribution >= 4 is 21.6 Å². The standard InChI is InChI=1S/C14H23N3O3S/c1-4-7-16-13-6-5-11(2)10-12(13)14(18)17-8-9-21(19,20)15-3/h5-6,10,15-16H,4,7-9H2,1-3H3,(H,17,18). The number of aryl methyl sites for hydroxylation is 1. The average molecular weight is 313 g/mol. The van der Waals surface area contributed by atoms with Crippen LogP contribution < -0.4 is 15.4 Å². The number of carbonyl (C=O) groups excluding carboxylic acids is 1. The van der Waals surface area contributed by atoms with E-state index in [1.165, 1.54) is 7.05 Å². The van der Waals surface area contributed by atoms with Gasteiger partial charge in [0.1, 0.15) is 0 Å². The van der Waals surface area contributed by atoms with Gasteiger partial charge in [-0.1, -0.05) is 18.6 Å². The number of anilines is 1. The van der Waals surface area contributed by atoms with Gasteiger partial charge in [0.2, 0.25) is 10.0 Å². The van der Waals surface area contributed by atoms with Gasteiger partial charge in [-0.2, -0.15) is 0 Å². The van der Waals surface area contributed by atoms with Gasteiger partial charge in [0.05, 0.1) is 11.3 Å². The van der Waals surface area contributed by atoms with Crippen molar-refractivity contribution in [3.05, 3.63) is 29.3 Å². The zero-order valence-corrected chi connectivity index (χ0v) is 13.5. The second-order valence-corrected chi connectivity index (χ2v) is 6.80. The quantitative estimate of drug-likeness (QED) is 0.670. The van der Waals surface area contributed by atoms with E-state index in [2.05, 4.69) is 15.4 Å². The second-order valence-electron chi connectivity index (χ2n) is 4.75. The summed E-state index contributed by atoms with van der Waals surface area (Å²) >= 11 is 0. The molecule has 1 aromatic rings. The van der Waals surface area contributed by atoms with E-state index in [-0.39, 0.29) is 18.2 Å². The molecule has 3 N–H and O–H groups in total. The third-order valence-electron chi connectivity index (χ3n) is 2.95. The molecule has 0 spiro atoms. The molecule has 0 aliphatic rings. The highest BCUT2D eigenvalue weighted by Gasteiger charge is 2.13. The summed E-state index contributed by atoms with van der Waals surface area (Å²) in [7, 11) is -1.96. The van der Waals surface area contributed by atoms with E-state index >= 15 is 0 Å². The largest absolute Gasteiger partial charge is 0.384 e. The van der Waals surface area contributed by atoms with Crippen molar-refractivity contribution in [3.63, 3.8) is 0 Å². The first-order valence-electron chi connectivity index (χ1n) is 6.93. The van der Waals surface area contributed by atoms with Crippen LogP contribution in [0.2, 0.25) is 0 Å². The number of benzene rings is 1. The number of nitrogens with one attached hydrogen (secondary N) is 3. The Morgan fingerprint density at radius 3 is 2.57 bits per heavy atom. The van der Waals surface area contributed by atoms with Crippen molar-refractivity contribution in [1.29, 1.82) is 0 Å². The van der Waals surface area contributed by atoms with Crippen LogP contribution in [0.25, 0.3) is 0 Å². The van der Waals surface area contributed by atoms with Gasteiger partial charge in [-0.15, -0.1) is 0 Å². The summed E-state index contributed by atoms with van der Waals surface area (Å²) in [6.45, 7) is 4.80. The summed E-state index contributed by atoms with van der Waals surface area (Å²) in [6, 6.07) is 5.59. The minimum absolute atomic E-state index is 0.0726. The Morgan fingerprint density at radius 1 is 1.24 bits per heavy atom. The first-order chi connectivity index (χ1) is 9.89. The van der Waals surface area contributed by atoms with E-state index in [4.69, 9.17) is 0 Å². The number of hydrogen-bond donors (Lipinski definition) is 3. The Bertz CT molecular complexity index is 585. The van der Waals surface area contributed by atoms with Gasteiger partial charge in [0.15, 0.2) is 0 Å². The molecular formula is C14H23N3O3S. The van der Waals surface area contributed by atoms with Crippen molar-refractivity contribution in [2.75, 3.05) is 31.2 Å². The molecule has 21 heavy (non-hydrogen) atoms. The monoisotopic (exact) mass is 313 g/mol. The first-order valence-corrected chi connectivity index (χ1v) is 8.58. The normalized spacial score (nSPS) is 11.2. The lowest BCUT2D eigenvalue weighted by Crippen LogP contribution is -2.33. The smallest absolute Gasteiger partial charge is 0.253 e. The van der Waals surface area contributed by atoms with Gasteiger partial charge in [-0.05, 0) is 32.5 Å². The number of amides is 1. The molecule has 118 valence electrons. The minimum Gasteiger partial charge on any atom is -0.384 e. The topological polar surface area (TPSA) is 87.3 Å². The Hall–Kier alpha value is -1.60. The van der Waals surface area contributed by atoms with E-state index in [9.17, 15) is 13.2 Å². The van der Waals surface area contributed by atoms with Gasteiger partial charge >= 0.3 is 0 Å². The Balaban J connectivity index is 2.74. The lowest BCUT2D eigenvalue weighted by Gasteiger charge is -2.12. The molecular weight excluding hydrogens is 290 g/mol. The molecule has 0 aliphatic heterocycles. The van der Waals surface area contributed by atoms with E-state index in [0.29, 0.717) is 5.56 Å². The molecule has 0 radical (unpaired) electrons. The lowest BCUT2D eigenvalue weighted by molar-refractivity contribution is 0.0957. The summed E-state index contributed by atoms with van der Waals surface area (Å²) in [5.41, 5.74) is 2.27. The molecule has 0 saturated carbocycles. The minimum atomic E-state index is -3.31. The van der Waals surface area contributed by atoms with E-state index in [1.807, 2.05) is 26.0 Å². The molecule has 0 aliphatic carbocycles. The fourth-order valence-corrected chi connectivity index (χ4v) is 2.33. The van der Waals surface area contributed by atoms with Gasteiger partial charge < -0.3 is 10.6 Å². The third kappa shape index (κ3) is 5.73. The Morgan fingerprint density at radius 2 is 1.95 bits per heavy atom. The third-order valence-corrected chi connectivity index (χ3v) is 4.32. The highest BCUT2D eigenvalue weighted by atomic mass is 32.2. The molecule has 0 unspecified atom stereocenters. The molecule has 0 fully saturated rings. The average Bonchev–Trinajstić information content (AvgIpc) is 2.45.